The molecule has 2 fully saturated rings. The third-order valence-electron chi connectivity index (χ3n) is 3.89. The topological polar surface area (TPSA) is 105 Å². The highest BCUT2D eigenvalue weighted by Crippen LogP contribution is 2.36. The van der Waals surface area contributed by atoms with Crippen molar-refractivity contribution in [2.75, 3.05) is 25.6 Å². The van der Waals surface area contributed by atoms with E-state index >= 15 is 0 Å². The Hall–Kier alpha value is -1.25. The first-order valence-electron chi connectivity index (χ1n) is 7.65. The Balaban J connectivity index is 1.66. The lowest BCUT2D eigenvalue weighted by atomic mass is 9.94. The maximum absolute atomic E-state index is 11.7. The van der Waals surface area contributed by atoms with Gasteiger partial charge in [-0.1, -0.05) is 13.0 Å². The molecule has 7 nitrogen and oxygen atoms in total. The zero-order chi connectivity index (χ0) is 16.9. The van der Waals surface area contributed by atoms with Crippen LogP contribution < -0.4 is 5.32 Å². The Labute approximate surface area is 139 Å². The number of esters is 1. The van der Waals surface area contributed by atoms with Gasteiger partial charge in [-0.25, -0.2) is 4.79 Å². The summed E-state index contributed by atoms with van der Waals surface area (Å²) in [6.07, 6.45) is 3.06. The lowest BCUT2D eigenvalue weighted by Gasteiger charge is -2.23. The van der Waals surface area contributed by atoms with Crippen LogP contribution in [0.4, 0.5) is 4.79 Å². The molecule has 23 heavy (non-hydrogen) atoms. The summed E-state index contributed by atoms with van der Waals surface area (Å²) in [5, 5.41) is 21.0. The molecule has 0 aromatic rings. The van der Waals surface area contributed by atoms with E-state index in [0.717, 1.165) is 10.7 Å². The number of rotatable bonds is 8. The highest BCUT2D eigenvalue weighted by atomic mass is 32.2. The maximum Gasteiger partial charge on any atom is 0.408 e. The second-order valence-electron chi connectivity index (χ2n) is 6.17. The van der Waals surface area contributed by atoms with Crippen molar-refractivity contribution in [2.45, 2.75) is 38.3 Å². The van der Waals surface area contributed by atoms with E-state index in [2.05, 4.69) is 5.32 Å². The number of fused-ring (bicyclic) bond motifs is 1. The number of carbonyl (C=O) groups is 2. The molecule has 2 aliphatic heterocycles. The molecule has 130 valence electrons. The lowest BCUT2D eigenvalue weighted by Crippen LogP contribution is -2.32. The highest BCUT2D eigenvalue weighted by molar-refractivity contribution is 8.03. The summed E-state index contributed by atoms with van der Waals surface area (Å²) in [7, 11) is 0. The fraction of sp³-hybridized carbons (Fsp3) is 0.733. The summed E-state index contributed by atoms with van der Waals surface area (Å²) in [6.45, 7) is 1.17. The summed E-state index contributed by atoms with van der Waals surface area (Å²) in [5.41, 5.74) is -0.799. The van der Waals surface area contributed by atoms with Crippen LogP contribution in [0.5, 0.6) is 0 Å². The van der Waals surface area contributed by atoms with Crippen LogP contribution in [0.2, 0.25) is 0 Å². The smallest absolute Gasteiger partial charge is 0.408 e. The fourth-order valence-corrected chi connectivity index (χ4v) is 3.49. The first kappa shape index (κ1) is 18.1. The van der Waals surface area contributed by atoms with Crippen molar-refractivity contribution in [3.05, 3.63) is 11.0 Å². The number of hydrogen-bond acceptors (Lipinski definition) is 7. The van der Waals surface area contributed by atoms with Crippen molar-refractivity contribution >= 4 is 23.8 Å². The summed E-state index contributed by atoms with van der Waals surface area (Å²) in [6, 6.07) is 0.0540. The van der Waals surface area contributed by atoms with Crippen LogP contribution in [0.15, 0.2) is 11.0 Å². The van der Waals surface area contributed by atoms with Crippen molar-refractivity contribution in [1.29, 1.82) is 0 Å². The molecule has 0 radical (unpaired) electrons. The fourth-order valence-electron chi connectivity index (χ4n) is 2.25. The summed E-state index contributed by atoms with van der Waals surface area (Å²) < 4.78 is 10.3. The van der Waals surface area contributed by atoms with E-state index in [1.807, 2.05) is 6.08 Å². The Morgan fingerprint density at radius 3 is 2.96 bits per heavy atom. The molecule has 1 amide bonds. The Morgan fingerprint density at radius 1 is 1.52 bits per heavy atom. The number of hydrogen-bond donors (Lipinski definition) is 3. The number of aliphatic hydroxyl groups excluding tert-OH is 2. The molecular weight excluding hydrogens is 322 g/mol. The maximum atomic E-state index is 11.7. The summed E-state index contributed by atoms with van der Waals surface area (Å²) in [5.74, 6) is 0.466. The van der Waals surface area contributed by atoms with E-state index in [1.165, 1.54) is 0 Å². The van der Waals surface area contributed by atoms with Crippen molar-refractivity contribution in [3.8, 4) is 0 Å². The molecule has 0 saturated carbocycles. The van der Waals surface area contributed by atoms with Gasteiger partial charge >= 0.3 is 12.1 Å². The number of aliphatic hydroxyl groups is 2. The molecule has 2 heterocycles. The molecule has 0 aliphatic carbocycles. The van der Waals surface area contributed by atoms with Gasteiger partial charge in [0.05, 0.1) is 19.3 Å². The summed E-state index contributed by atoms with van der Waals surface area (Å²) in [4.78, 5) is 23.8. The molecular formula is C15H23NO6S. The van der Waals surface area contributed by atoms with Crippen LogP contribution in [-0.2, 0) is 14.3 Å². The Kier molecular flexibility index (Phi) is 6.32. The minimum atomic E-state index is -0.799. The van der Waals surface area contributed by atoms with Gasteiger partial charge in [0.25, 0.3) is 0 Å². The quantitative estimate of drug-likeness (QED) is 0.441. The van der Waals surface area contributed by atoms with Gasteiger partial charge in [0.1, 0.15) is 6.61 Å². The summed E-state index contributed by atoms with van der Waals surface area (Å²) >= 11 is 1.66. The van der Waals surface area contributed by atoms with Gasteiger partial charge in [0.2, 0.25) is 0 Å². The van der Waals surface area contributed by atoms with E-state index in [4.69, 9.17) is 19.7 Å². The molecule has 0 aromatic heterocycles. The molecule has 0 aromatic carbocycles. The van der Waals surface area contributed by atoms with Crippen LogP contribution >= 0.6 is 11.8 Å². The molecule has 8 heteroatoms. The van der Waals surface area contributed by atoms with Crippen molar-refractivity contribution in [3.63, 3.8) is 0 Å². The molecule has 3 N–H and O–H groups in total. The van der Waals surface area contributed by atoms with Gasteiger partial charge in [-0.15, -0.1) is 11.8 Å². The number of allylic oxidation sites excluding steroid dienone is 1. The monoisotopic (exact) mass is 345 g/mol. The zero-order valence-corrected chi connectivity index (χ0v) is 13.9. The van der Waals surface area contributed by atoms with E-state index in [9.17, 15) is 9.59 Å². The largest absolute Gasteiger partial charge is 0.465 e. The van der Waals surface area contributed by atoms with Gasteiger partial charge in [-0.2, -0.15) is 0 Å². The van der Waals surface area contributed by atoms with Crippen LogP contribution in [0.1, 0.15) is 26.2 Å². The van der Waals surface area contributed by atoms with E-state index < -0.39 is 5.41 Å². The van der Waals surface area contributed by atoms with Crippen LogP contribution in [-0.4, -0.2) is 60.0 Å². The van der Waals surface area contributed by atoms with Crippen molar-refractivity contribution in [2.24, 2.45) is 5.41 Å². The Morgan fingerprint density at radius 2 is 2.26 bits per heavy atom. The van der Waals surface area contributed by atoms with Crippen molar-refractivity contribution in [1.82, 2.24) is 5.32 Å². The zero-order valence-electron chi connectivity index (χ0n) is 13.1. The second-order valence-corrected chi connectivity index (χ2v) is 7.27. The molecule has 2 rings (SSSR count). The first-order valence-corrected chi connectivity index (χ1v) is 8.63. The lowest BCUT2D eigenvalue weighted by molar-refractivity contribution is -0.149. The number of carbonyl (C=O) groups excluding carboxylic acids is 2. The van der Waals surface area contributed by atoms with Gasteiger partial charge in [0.15, 0.2) is 6.10 Å². The molecule has 0 spiro atoms. The van der Waals surface area contributed by atoms with Crippen LogP contribution in [0.25, 0.3) is 0 Å². The second kappa shape index (κ2) is 8.03. The highest BCUT2D eigenvalue weighted by Gasteiger charge is 2.41. The van der Waals surface area contributed by atoms with Gasteiger partial charge in [-0.05, 0) is 12.8 Å². The molecule has 0 bridgehead atoms. The van der Waals surface area contributed by atoms with Crippen LogP contribution in [0, 0.1) is 5.41 Å². The minimum absolute atomic E-state index is 0.00114. The molecule has 2 saturated heterocycles. The third kappa shape index (κ3) is 4.86. The number of alkyl carbamates (subject to hydrolysis) is 1. The third-order valence-corrected chi connectivity index (χ3v) is 5.15. The Bertz CT molecular complexity index is 477. The van der Waals surface area contributed by atoms with Crippen LogP contribution in [0.3, 0.4) is 0 Å². The van der Waals surface area contributed by atoms with Gasteiger partial charge in [0, 0.05) is 22.5 Å². The molecule has 2 aliphatic rings. The van der Waals surface area contributed by atoms with Gasteiger partial charge in [-0.3, -0.25) is 4.79 Å². The SMILES string of the molecule is CC(CO)(CO)COC(=O)CCCC=C1SCC2NC(=O)O[C@H]12. The normalized spacial score (nSPS) is 25.2. The van der Waals surface area contributed by atoms with E-state index in [0.29, 0.717) is 12.8 Å². The molecule has 1 unspecified atom stereocenters. The number of thioether (sulfide) groups is 1. The number of nitrogens with one attached hydrogen (secondary N) is 1. The average Bonchev–Trinajstić information content (AvgIpc) is 3.08. The number of unbranched alkanes of at least 4 members (excludes halogenated alkanes) is 1. The molecule has 2 atom stereocenters. The minimum Gasteiger partial charge on any atom is -0.465 e. The number of amides is 1. The number of ether oxygens (including phenoxy) is 2. The van der Waals surface area contributed by atoms with E-state index in [-0.39, 0.29) is 50.4 Å². The predicted molar refractivity (Wildman–Crippen MR) is 84.8 cm³/mol. The van der Waals surface area contributed by atoms with Gasteiger partial charge < -0.3 is 25.0 Å². The van der Waals surface area contributed by atoms with Crippen molar-refractivity contribution < 1.29 is 29.3 Å². The predicted octanol–water partition coefficient (Wildman–Crippen LogP) is 0.798. The first-order chi connectivity index (χ1) is 11.0. The van der Waals surface area contributed by atoms with E-state index in [1.54, 1.807) is 18.7 Å². The average molecular weight is 345 g/mol. The standard InChI is InChI=1S/C15H23NO6S/c1-15(7-17,8-18)9-21-12(19)5-3-2-4-11-13-10(6-23-11)16-14(20)22-13/h4,10,13,17-18H,2-3,5-9H2,1H3,(H,16,20)/t10?,13-/m0/s1.